The molecule has 2 nitrogen and oxygen atoms in total. The first-order valence-electron chi connectivity index (χ1n) is 7.82. The molecule has 1 N–H and O–H groups in total. The smallest absolute Gasteiger partial charge is 0.221 e. The van der Waals surface area contributed by atoms with Crippen LogP contribution in [0.4, 0.5) is 0 Å². The van der Waals surface area contributed by atoms with Gasteiger partial charge < -0.3 is 5.32 Å². The summed E-state index contributed by atoms with van der Waals surface area (Å²) >= 11 is 1.76. The molecule has 0 atom stereocenters. The highest BCUT2D eigenvalue weighted by Gasteiger charge is 2.13. The van der Waals surface area contributed by atoms with Crippen molar-refractivity contribution in [3.63, 3.8) is 0 Å². The minimum atomic E-state index is 0.221. The minimum absolute atomic E-state index is 0.221. The molecule has 1 aliphatic rings. The van der Waals surface area contributed by atoms with Gasteiger partial charge in [0.15, 0.2) is 0 Å². The Morgan fingerprint density at radius 3 is 2.40 bits per heavy atom. The second-order valence-corrected chi connectivity index (χ2v) is 6.69. The maximum Gasteiger partial charge on any atom is 0.221 e. The number of thioether (sulfide) groups is 1. The van der Waals surface area contributed by atoms with Crippen LogP contribution in [0.2, 0.25) is 0 Å². The summed E-state index contributed by atoms with van der Waals surface area (Å²) < 4.78 is 0. The van der Waals surface area contributed by atoms with Gasteiger partial charge >= 0.3 is 0 Å². The van der Waals surface area contributed by atoms with Gasteiger partial charge in [-0.05, 0) is 25.0 Å². The first kappa shape index (κ1) is 15.4. The molecular weight excluding hydrogens is 266 g/mol. The summed E-state index contributed by atoms with van der Waals surface area (Å²) in [7, 11) is 0. The normalized spacial score (nSPS) is 17.2. The molecule has 0 saturated heterocycles. The number of benzene rings is 1. The van der Waals surface area contributed by atoms with Crippen LogP contribution in [-0.4, -0.2) is 17.7 Å². The van der Waals surface area contributed by atoms with Gasteiger partial charge in [0, 0.05) is 23.1 Å². The van der Waals surface area contributed by atoms with E-state index in [1.165, 1.54) is 37.0 Å². The van der Waals surface area contributed by atoms with Gasteiger partial charge in [0.1, 0.15) is 0 Å². The summed E-state index contributed by atoms with van der Waals surface area (Å²) in [5.74, 6) is 1.08. The van der Waals surface area contributed by atoms with Gasteiger partial charge in [-0.15, -0.1) is 11.8 Å². The average Bonchev–Trinajstić information content (AvgIpc) is 2.43. The fourth-order valence-corrected chi connectivity index (χ4v) is 3.55. The maximum atomic E-state index is 12.0. The third kappa shape index (κ3) is 6.00. The number of hydrogen-bond donors (Lipinski definition) is 1. The lowest BCUT2D eigenvalue weighted by Crippen LogP contribution is -2.35. The molecule has 1 aromatic rings. The molecule has 20 heavy (non-hydrogen) atoms. The van der Waals surface area contributed by atoms with E-state index in [2.05, 4.69) is 17.4 Å². The van der Waals surface area contributed by atoms with Gasteiger partial charge in [-0.1, -0.05) is 50.3 Å². The van der Waals surface area contributed by atoms with E-state index in [-0.39, 0.29) is 5.91 Å². The molecule has 0 heterocycles. The predicted octanol–water partition coefficient (Wildman–Crippen LogP) is 4.40. The summed E-state index contributed by atoms with van der Waals surface area (Å²) in [6.45, 7) is 0. The standard InChI is InChI=1S/C17H25NOS/c19-17(13-14-20-16-11-7-4-8-12-16)18-15-9-5-2-1-3-6-10-15/h4,7-8,11-12,15H,1-3,5-6,9-10,13-14H2,(H,18,19). The topological polar surface area (TPSA) is 29.1 Å². The minimum Gasteiger partial charge on any atom is -0.353 e. The Kier molecular flexibility index (Phi) is 6.99. The van der Waals surface area contributed by atoms with Crippen LogP contribution in [0.3, 0.4) is 0 Å². The molecule has 3 heteroatoms. The molecule has 0 bridgehead atoms. The van der Waals surface area contributed by atoms with Gasteiger partial charge in [-0.2, -0.15) is 0 Å². The Morgan fingerprint density at radius 1 is 1.05 bits per heavy atom. The van der Waals surface area contributed by atoms with Gasteiger partial charge in [0.2, 0.25) is 5.91 Å². The summed E-state index contributed by atoms with van der Waals surface area (Å²) in [6.07, 6.45) is 9.51. The molecule has 1 aliphatic carbocycles. The van der Waals surface area contributed by atoms with Crippen molar-refractivity contribution in [1.29, 1.82) is 0 Å². The molecular formula is C17H25NOS. The lowest BCUT2D eigenvalue weighted by molar-refractivity contribution is -0.121. The zero-order valence-corrected chi connectivity index (χ0v) is 13.0. The fourth-order valence-electron chi connectivity index (χ4n) is 2.68. The SMILES string of the molecule is O=C(CCSc1ccccc1)NC1CCCCCCC1. The van der Waals surface area contributed by atoms with Crippen LogP contribution < -0.4 is 5.32 Å². The molecule has 0 radical (unpaired) electrons. The van der Waals surface area contributed by atoms with Crippen LogP contribution >= 0.6 is 11.8 Å². The Labute approximate surface area is 126 Å². The lowest BCUT2D eigenvalue weighted by atomic mass is 9.97. The third-order valence-electron chi connectivity index (χ3n) is 3.81. The van der Waals surface area contributed by atoms with E-state index >= 15 is 0 Å². The summed E-state index contributed by atoms with van der Waals surface area (Å²) in [6, 6.07) is 10.7. The molecule has 1 saturated carbocycles. The zero-order chi connectivity index (χ0) is 14.0. The molecule has 2 rings (SSSR count). The van der Waals surface area contributed by atoms with Crippen LogP contribution in [0, 0.1) is 0 Å². The van der Waals surface area contributed by atoms with Crippen molar-refractivity contribution in [3.05, 3.63) is 30.3 Å². The molecule has 0 aliphatic heterocycles. The lowest BCUT2D eigenvalue weighted by Gasteiger charge is -2.21. The molecule has 0 unspecified atom stereocenters. The van der Waals surface area contributed by atoms with E-state index in [4.69, 9.17) is 0 Å². The van der Waals surface area contributed by atoms with Crippen molar-refractivity contribution in [2.75, 3.05) is 5.75 Å². The van der Waals surface area contributed by atoms with Crippen molar-refractivity contribution in [2.45, 2.75) is 62.3 Å². The number of amides is 1. The van der Waals surface area contributed by atoms with Crippen LogP contribution in [0.25, 0.3) is 0 Å². The van der Waals surface area contributed by atoms with Gasteiger partial charge in [0.05, 0.1) is 0 Å². The van der Waals surface area contributed by atoms with Crippen LogP contribution in [0.5, 0.6) is 0 Å². The quantitative estimate of drug-likeness (QED) is 0.815. The van der Waals surface area contributed by atoms with E-state index in [0.717, 1.165) is 18.6 Å². The Hall–Kier alpha value is -0.960. The maximum absolute atomic E-state index is 12.0. The summed E-state index contributed by atoms with van der Waals surface area (Å²) in [4.78, 5) is 13.2. The molecule has 1 amide bonds. The molecule has 1 aromatic carbocycles. The van der Waals surface area contributed by atoms with Crippen LogP contribution in [0.1, 0.15) is 51.4 Å². The van der Waals surface area contributed by atoms with Crippen molar-refractivity contribution in [1.82, 2.24) is 5.32 Å². The molecule has 0 aromatic heterocycles. The van der Waals surface area contributed by atoms with Crippen molar-refractivity contribution in [2.24, 2.45) is 0 Å². The summed E-state index contributed by atoms with van der Waals surface area (Å²) in [5, 5.41) is 3.22. The zero-order valence-electron chi connectivity index (χ0n) is 12.1. The number of carbonyl (C=O) groups excluding carboxylic acids is 1. The molecule has 110 valence electrons. The predicted molar refractivity (Wildman–Crippen MR) is 86.0 cm³/mol. The van der Waals surface area contributed by atoms with E-state index in [1.807, 2.05) is 18.2 Å². The Morgan fingerprint density at radius 2 is 1.70 bits per heavy atom. The highest BCUT2D eigenvalue weighted by Crippen LogP contribution is 2.19. The van der Waals surface area contributed by atoms with Gasteiger partial charge in [0.25, 0.3) is 0 Å². The van der Waals surface area contributed by atoms with E-state index < -0.39 is 0 Å². The third-order valence-corrected chi connectivity index (χ3v) is 4.83. The number of hydrogen-bond acceptors (Lipinski definition) is 2. The Bertz CT molecular complexity index is 385. The molecule has 0 spiro atoms. The van der Waals surface area contributed by atoms with Gasteiger partial charge in [-0.3, -0.25) is 4.79 Å². The molecule has 1 fully saturated rings. The van der Waals surface area contributed by atoms with E-state index in [9.17, 15) is 4.79 Å². The van der Waals surface area contributed by atoms with E-state index in [1.54, 1.807) is 11.8 Å². The first-order chi connectivity index (χ1) is 9.84. The average molecular weight is 291 g/mol. The Balaban J connectivity index is 1.64. The highest BCUT2D eigenvalue weighted by molar-refractivity contribution is 7.99. The van der Waals surface area contributed by atoms with Crippen molar-refractivity contribution >= 4 is 17.7 Å². The largest absolute Gasteiger partial charge is 0.353 e. The van der Waals surface area contributed by atoms with Gasteiger partial charge in [-0.25, -0.2) is 0 Å². The second-order valence-electron chi connectivity index (χ2n) is 5.52. The summed E-state index contributed by atoms with van der Waals surface area (Å²) in [5.41, 5.74) is 0. The second kappa shape index (κ2) is 9.06. The number of rotatable bonds is 5. The highest BCUT2D eigenvalue weighted by atomic mass is 32.2. The fraction of sp³-hybridized carbons (Fsp3) is 0.588. The van der Waals surface area contributed by atoms with Crippen molar-refractivity contribution < 1.29 is 4.79 Å². The van der Waals surface area contributed by atoms with Crippen LogP contribution in [-0.2, 0) is 4.79 Å². The van der Waals surface area contributed by atoms with Crippen molar-refractivity contribution in [3.8, 4) is 0 Å². The number of nitrogens with one attached hydrogen (secondary N) is 1. The van der Waals surface area contributed by atoms with Crippen LogP contribution in [0.15, 0.2) is 35.2 Å². The monoisotopic (exact) mass is 291 g/mol. The first-order valence-corrected chi connectivity index (χ1v) is 8.80. The number of carbonyl (C=O) groups is 1. The van der Waals surface area contributed by atoms with E-state index in [0.29, 0.717) is 12.5 Å².